The Labute approximate surface area is 192 Å². The van der Waals surface area contributed by atoms with Crippen molar-refractivity contribution in [1.29, 1.82) is 0 Å². The number of aromatic nitrogens is 3. The molecule has 0 saturated carbocycles. The maximum atomic E-state index is 12.5. The molecule has 0 atom stereocenters. The largest absolute Gasteiger partial charge is 0.490 e. The van der Waals surface area contributed by atoms with Gasteiger partial charge in [-0.3, -0.25) is 4.79 Å². The van der Waals surface area contributed by atoms with Crippen molar-refractivity contribution >= 4 is 23.4 Å². The first-order valence-corrected chi connectivity index (χ1v) is 11.7. The molecule has 0 fully saturated rings. The van der Waals surface area contributed by atoms with Gasteiger partial charge in [0.15, 0.2) is 16.7 Å². The van der Waals surface area contributed by atoms with Crippen LogP contribution in [0.25, 0.3) is 0 Å². The number of nitrogens with one attached hydrogen (secondary N) is 1. The lowest BCUT2D eigenvalue weighted by atomic mass is 10.1. The fourth-order valence-electron chi connectivity index (χ4n) is 3.81. The number of carbonyl (C=O) groups is 1. The number of benzene rings is 2. The Balaban J connectivity index is 1.38. The van der Waals surface area contributed by atoms with Gasteiger partial charge in [-0.2, -0.15) is 0 Å². The van der Waals surface area contributed by atoms with Crippen LogP contribution >= 0.6 is 11.8 Å². The lowest BCUT2D eigenvalue weighted by Gasteiger charge is -2.12. The lowest BCUT2D eigenvalue weighted by Crippen LogP contribution is -2.16. The van der Waals surface area contributed by atoms with E-state index >= 15 is 0 Å². The quantitative estimate of drug-likeness (QED) is 0.564. The number of aryl methyl sites for hydroxylation is 3. The Kier molecular flexibility index (Phi) is 6.69. The summed E-state index contributed by atoms with van der Waals surface area (Å²) in [6.45, 7) is 7.41. The number of anilines is 1. The summed E-state index contributed by atoms with van der Waals surface area (Å²) in [5.41, 5.74) is 5.28. The highest BCUT2D eigenvalue weighted by molar-refractivity contribution is 7.99. The molecular formula is C24H28N4O3S. The second-order valence-corrected chi connectivity index (χ2v) is 9.02. The fourth-order valence-corrected chi connectivity index (χ4v) is 4.54. The van der Waals surface area contributed by atoms with Crippen LogP contribution in [0.3, 0.4) is 0 Å². The van der Waals surface area contributed by atoms with Gasteiger partial charge in [-0.1, -0.05) is 35.5 Å². The van der Waals surface area contributed by atoms with Gasteiger partial charge in [0.25, 0.3) is 0 Å². The number of rotatable bonds is 6. The minimum absolute atomic E-state index is 0.0579. The number of hydrogen-bond acceptors (Lipinski definition) is 6. The molecule has 7 nitrogen and oxygen atoms in total. The van der Waals surface area contributed by atoms with Crippen molar-refractivity contribution in [1.82, 2.24) is 14.8 Å². The topological polar surface area (TPSA) is 78.3 Å². The Morgan fingerprint density at radius 3 is 2.53 bits per heavy atom. The van der Waals surface area contributed by atoms with E-state index < -0.39 is 0 Å². The van der Waals surface area contributed by atoms with Crippen LogP contribution < -0.4 is 14.8 Å². The molecule has 0 unspecified atom stereocenters. The molecule has 1 aliphatic heterocycles. The Bertz CT molecular complexity index is 1120. The van der Waals surface area contributed by atoms with Crippen molar-refractivity contribution < 1.29 is 14.3 Å². The summed E-state index contributed by atoms with van der Waals surface area (Å²) in [6, 6.07) is 10.1. The Morgan fingerprint density at radius 2 is 1.78 bits per heavy atom. The number of ether oxygens (including phenoxy) is 2. The van der Waals surface area contributed by atoms with Crippen molar-refractivity contribution in [2.75, 3.05) is 24.3 Å². The molecular weight excluding hydrogens is 424 g/mol. The van der Waals surface area contributed by atoms with E-state index in [9.17, 15) is 4.79 Å². The van der Waals surface area contributed by atoms with Crippen LogP contribution in [-0.2, 0) is 18.3 Å². The third-order valence-electron chi connectivity index (χ3n) is 5.37. The third kappa shape index (κ3) is 5.07. The molecule has 0 radical (unpaired) electrons. The van der Waals surface area contributed by atoms with Crippen molar-refractivity contribution in [3.63, 3.8) is 0 Å². The first-order valence-electron chi connectivity index (χ1n) is 10.7. The summed E-state index contributed by atoms with van der Waals surface area (Å²) in [6.07, 6.45) is 1.50. The predicted octanol–water partition coefficient (Wildman–Crippen LogP) is 4.22. The molecule has 1 amide bonds. The number of carbonyl (C=O) groups excluding carboxylic acids is 1. The highest BCUT2D eigenvalue weighted by Crippen LogP contribution is 2.31. The molecule has 2 heterocycles. The molecule has 1 aliphatic rings. The smallest absolute Gasteiger partial charge is 0.234 e. The van der Waals surface area contributed by atoms with E-state index in [1.807, 2.05) is 43.7 Å². The van der Waals surface area contributed by atoms with Gasteiger partial charge in [0.05, 0.1) is 19.0 Å². The summed E-state index contributed by atoms with van der Waals surface area (Å²) in [5, 5.41) is 12.4. The van der Waals surface area contributed by atoms with Gasteiger partial charge in [-0.25, -0.2) is 0 Å². The molecule has 1 aromatic heterocycles. The van der Waals surface area contributed by atoms with Gasteiger partial charge in [0.1, 0.15) is 5.82 Å². The van der Waals surface area contributed by atoms with Crippen LogP contribution in [0.1, 0.15) is 34.5 Å². The standard InChI is InChI=1S/C24H28N4O3S/c1-15-10-16(2)23(17(3)11-15)25-22(29)14-32-24-27-26-21(28(24)4)13-18-6-7-19-20(12-18)31-9-5-8-30-19/h6-7,10-12H,5,8-9,13-14H2,1-4H3,(H,25,29). The lowest BCUT2D eigenvalue weighted by molar-refractivity contribution is -0.113. The van der Waals surface area contributed by atoms with E-state index in [0.717, 1.165) is 46.1 Å². The zero-order valence-electron chi connectivity index (χ0n) is 18.9. The van der Waals surface area contributed by atoms with E-state index in [4.69, 9.17) is 9.47 Å². The SMILES string of the molecule is Cc1cc(C)c(NC(=O)CSc2nnc(Cc3ccc4c(c3)OCCCO4)n2C)c(C)c1. The van der Waals surface area contributed by atoms with Gasteiger partial charge in [-0.15, -0.1) is 10.2 Å². The molecule has 0 aliphatic carbocycles. The van der Waals surface area contributed by atoms with Gasteiger partial charge in [0, 0.05) is 25.6 Å². The average molecular weight is 453 g/mol. The van der Waals surface area contributed by atoms with Crippen LogP contribution in [0.4, 0.5) is 5.69 Å². The van der Waals surface area contributed by atoms with Gasteiger partial charge in [0.2, 0.25) is 5.91 Å². The second-order valence-electron chi connectivity index (χ2n) is 8.08. The van der Waals surface area contributed by atoms with E-state index in [0.29, 0.717) is 24.8 Å². The highest BCUT2D eigenvalue weighted by Gasteiger charge is 2.15. The summed E-state index contributed by atoms with van der Waals surface area (Å²) >= 11 is 1.38. The molecule has 0 saturated heterocycles. The molecule has 3 aromatic rings. The summed E-state index contributed by atoms with van der Waals surface area (Å²) in [5.74, 6) is 2.59. The molecule has 32 heavy (non-hydrogen) atoms. The van der Waals surface area contributed by atoms with E-state index in [1.54, 1.807) is 0 Å². The van der Waals surface area contributed by atoms with E-state index in [1.165, 1.54) is 17.3 Å². The van der Waals surface area contributed by atoms with Crippen LogP contribution in [-0.4, -0.2) is 39.6 Å². The van der Waals surface area contributed by atoms with E-state index in [2.05, 4.69) is 34.6 Å². The zero-order valence-corrected chi connectivity index (χ0v) is 19.7. The Hall–Kier alpha value is -3.00. The average Bonchev–Trinajstić information content (AvgIpc) is 2.95. The predicted molar refractivity (Wildman–Crippen MR) is 126 cm³/mol. The van der Waals surface area contributed by atoms with Gasteiger partial charge >= 0.3 is 0 Å². The fraction of sp³-hybridized carbons (Fsp3) is 0.375. The number of thioether (sulfide) groups is 1. The van der Waals surface area contributed by atoms with E-state index in [-0.39, 0.29) is 11.7 Å². The van der Waals surface area contributed by atoms with Crippen LogP contribution in [0, 0.1) is 20.8 Å². The maximum Gasteiger partial charge on any atom is 0.234 e. The highest BCUT2D eigenvalue weighted by atomic mass is 32.2. The molecule has 4 rings (SSSR count). The van der Waals surface area contributed by atoms with Crippen molar-refractivity contribution in [3.05, 3.63) is 58.4 Å². The van der Waals surface area contributed by atoms with Crippen LogP contribution in [0.2, 0.25) is 0 Å². The molecule has 2 aromatic carbocycles. The maximum absolute atomic E-state index is 12.5. The number of nitrogens with zero attached hydrogens (tertiary/aromatic N) is 3. The molecule has 0 bridgehead atoms. The number of amides is 1. The molecule has 168 valence electrons. The third-order valence-corrected chi connectivity index (χ3v) is 6.39. The monoisotopic (exact) mass is 452 g/mol. The minimum atomic E-state index is -0.0579. The first-order chi connectivity index (χ1) is 15.4. The molecule has 1 N–H and O–H groups in total. The number of fused-ring (bicyclic) bond motifs is 1. The van der Waals surface area contributed by atoms with Crippen LogP contribution in [0.15, 0.2) is 35.5 Å². The normalized spacial score (nSPS) is 13.0. The summed E-state index contributed by atoms with van der Waals surface area (Å²) < 4.78 is 13.4. The van der Waals surface area contributed by atoms with Crippen LogP contribution in [0.5, 0.6) is 11.5 Å². The number of hydrogen-bond donors (Lipinski definition) is 1. The second kappa shape index (κ2) is 9.65. The van der Waals surface area contributed by atoms with Gasteiger partial charge < -0.3 is 19.4 Å². The molecule has 0 spiro atoms. The first kappa shape index (κ1) is 22.2. The minimum Gasteiger partial charge on any atom is -0.490 e. The summed E-state index contributed by atoms with van der Waals surface area (Å²) in [7, 11) is 1.92. The van der Waals surface area contributed by atoms with Crippen molar-refractivity contribution in [3.8, 4) is 11.5 Å². The summed E-state index contributed by atoms with van der Waals surface area (Å²) in [4.78, 5) is 12.5. The molecule has 8 heteroatoms. The van der Waals surface area contributed by atoms with Crippen molar-refractivity contribution in [2.45, 2.75) is 38.8 Å². The van der Waals surface area contributed by atoms with Crippen molar-refractivity contribution in [2.24, 2.45) is 7.05 Å². The van der Waals surface area contributed by atoms with Gasteiger partial charge in [-0.05, 0) is 49.6 Å². The zero-order chi connectivity index (χ0) is 22.7. The Morgan fingerprint density at radius 1 is 1.06 bits per heavy atom.